The van der Waals surface area contributed by atoms with Crippen LogP contribution in [-0.4, -0.2) is 53.8 Å². The first-order valence-electron chi connectivity index (χ1n) is 6.26. The van der Waals surface area contributed by atoms with Crippen LogP contribution in [0.3, 0.4) is 0 Å². The van der Waals surface area contributed by atoms with Crippen molar-refractivity contribution >= 4 is 6.01 Å². The van der Waals surface area contributed by atoms with Crippen molar-refractivity contribution in [2.45, 2.75) is 32.5 Å². The summed E-state index contributed by atoms with van der Waals surface area (Å²) in [5.74, 6) is 0.575. The van der Waals surface area contributed by atoms with E-state index in [0.717, 1.165) is 6.54 Å². The molecule has 7 nitrogen and oxygen atoms in total. The normalized spacial score (nSPS) is 24.5. The average molecular weight is 256 g/mol. The third kappa shape index (κ3) is 2.98. The van der Waals surface area contributed by atoms with Crippen LogP contribution in [0, 0.1) is 0 Å². The molecule has 0 bridgehead atoms. The summed E-state index contributed by atoms with van der Waals surface area (Å²) in [6, 6.07) is 0.664. The molecule has 2 N–H and O–H groups in total. The van der Waals surface area contributed by atoms with E-state index in [-0.39, 0.29) is 18.8 Å². The minimum absolute atomic E-state index is 0.00159. The molecular formula is C11H20N4O3. The minimum atomic E-state index is -0.190. The molecule has 2 heterocycles. The van der Waals surface area contributed by atoms with E-state index < -0.39 is 0 Å². The number of aliphatic hydroxyl groups excluding tert-OH is 1. The van der Waals surface area contributed by atoms with Crippen molar-refractivity contribution in [3.05, 3.63) is 5.89 Å². The Bertz CT molecular complexity index is 371. The third-order valence-electron chi connectivity index (χ3n) is 2.94. The number of hydrogen-bond acceptors (Lipinski definition) is 7. The summed E-state index contributed by atoms with van der Waals surface area (Å²) < 4.78 is 11.1. The van der Waals surface area contributed by atoms with Crippen molar-refractivity contribution in [1.29, 1.82) is 0 Å². The van der Waals surface area contributed by atoms with Crippen LogP contribution in [-0.2, 0) is 11.3 Å². The van der Waals surface area contributed by atoms with E-state index in [1.807, 2.05) is 18.7 Å². The van der Waals surface area contributed by atoms with Crippen molar-refractivity contribution in [3.63, 3.8) is 0 Å². The van der Waals surface area contributed by atoms with E-state index in [9.17, 15) is 0 Å². The molecular weight excluding hydrogens is 236 g/mol. The minimum Gasteiger partial charge on any atom is -0.407 e. The first kappa shape index (κ1) is 13.3. The van der Waals surface area contributed by atoms with E-state index in [0.29, 0.717) is 31.6 Å². The van der Waals surface area contributed by atoms with E-state index in [4.69, 9.17) is 14.3 Å². The zero-order valence-corrected chi connectivity index (χ0v) is 10.8. The second-order valence-corrected chi connectivity index (χ2v) is 4.40. The number of aromatic nitrogens is 2. The number of rotatable bonds is 5. The molecule has 102 valence electrons. The molecule has 18 heavy (non-hydrogen) atoms. The van der Waals surface area contributed by atoms with Crippen LogP contribution in [0.25, 0.3) is 0 Å². The summed E-state index contributed by atoms with van der Waals surface area (Å²) in [6.07, 6.45) is -0.190. The van der Waals surface area contributed by atoms with Crippen molar-refractivity contribution < 1.29 is 14.3 Å². The second kappa shape index (κ2) is 6.12. The Balaban J connectivity index is 2.02. The lowest BCUT2D eigenvalue weighted by Gasteiger charge is -2.35. The van der Waals surface area contributed by atoms with Gasteiger partial charge in [-0.3, -0.25) is 0 Å². The molecule has 2 atom stereocenters. The molecule has 0 saturated carbocycles. The monoisotopic (exact) mass is 256 g/mol. The van der Waals surface area contributed by atoms with Gasteiger partial charge in [-0.2, -0.15) is 0 Å². The number of aliphatic hydroxyl groups is 1. The molecule has 1 aromatic heterocycles. The number of ether oxygens (including phenoxy) is 1. The number of anilines is 1. The predicted octanol–water partition coefficient (Wildman–Crippen LogP) is -0.235. The highest BCUT2D eigenvalue weighted by molar-refractivity contribution is 5.27. The van der Waals surface area contributed by atoms with Crippen LogP contribution in [0.5, 0.6) is 0 Å². The molecule has 0 aromatic carbocycles. The van der Waals surface area contributed by atoms with Gasteiger partial charge in [0, 0.05) is 0 Å². The topological polar surface area (TPSA) is 83.7 Å². The molecule has 1 saturated heterocycles. The molecule has 0 aliphatic carbocycles. The van der Waals surface area contributed by atoms with Crippen LogP contribution in [0.2, 0.25) is 0 Å². The maximum Gasteiger partial charge on any atom is 0.318 e. The van der Waals surface area contributed by atoms with E-state index in [1.165, 1.54) is 0 Å². The third-order valence-corrected chi connectivity index (χ3v) is 2.94. The maximum absolute atomic E-state index is 9.14. The summed E-state index contributed by atoms with van der Waals surface area (Å²) >= 11 is 0. The van der Waals surface area contributed by atoms with Gasteiger partial charge in [0.15, 0.2) is 0 Å². The van der Waals surface area contributed by atoms with Crippen LogP contribution in [0.15, 0.2) is 4.42 Å². The van der Waals surface area contributed by atoms with Gasteiger partial charge in [-0.05, 0) is 13.5 Å². The molecule has 7 heteroatoms. The van der Waals surface area contributed by atoms with Crippen LogP contribution < -0.4 is 10.2 Å². The Morgan fingerprint density at radius 3 is 3.06 bits per heavy atom. The Kier molecular flexibility index (Phi) is 4.51. The number of hydrogen-bond donors (Lipinski definition) is 2. The SMILES string of the molecule is CCNCc1nnc(N2CC(CO)OCC2C)o1. The Labute approximate surface area is 106 Å². The molecule has 0 radical (unpaired) electrons. The van der Waals surface area contributed by atoms with Crippen LogP contribution in [0.1, 0.15) is 19.7 Å². The highest BCUT2D eigenvalue weighted by atomic mass is 16.5. The van der Waals surface area contributed by atoms with Gasteiger partial charge in [0.2, 0.25) is 5.89 Å². The summed E-state index contributed by atoms with van der Waals surface area (Å²) in [7, 11) is 0. The Morgan fingerprint density at radius 2 is 2.33 bits per heavy atom. The van der Waals surface area contributed by atoms with Crippen molar-refractivity contribution in [1.82, 2.24) is 15.5 Å². The van der Waals surface area contributed by atoms with Gasteiger partial charge in [0.05, 0.1) is 38.4 Å². The van der Waals surface area contributed by atoms with Gasteiger partial charge in [0.1, 0.15) is 0 Å². The smallest absolute Gasteiger partial charge is 0.318 e. The second-order valence-electron chi connectivity index (χ2n) is 4.40. The fourth-order valence-corrected chi connectivity index (χ4v) is 1.86. The van der Waals surface area contributed by atoms with Crippen molar-refractivity contribution in [2.24, 2.45) is 0 Å². The van der Waals surface area contributed by atoms with E-state index in [2.05, 4.69) is 15.5 Å². The highest BCUT2D eigenvalue weighted by Gasteiger charge is 2.29. The molecule has 1 aromatic rings. The maximum atomic E-state index is 9.14. The summed E-state index contributed by atoms with van der Waals surface area (Å²) in [4.78, 5) is 1.98. The highest BCUT2D eigenvalue weighted by Crippen LogP contribution is 2.20. The van der Waals surface area contributed by atoms with Gasteiger partial charge in [-0.15, -0.1) is 5.10 Å². The van der Waals surface area contributed by atoms with Crippen LogP contribution in [0.4, 0.5) is 6.01 Å². The first-order valence-corrected chi connectivity index (χ1v) is 6.26. The zero-order valence-electron chi connectivity index (χ0n) is 10.8. The molecule has 1 aliphatic heterocycles. The largest absolute Gasteiger partial charge is 0.407 e. The molecule has 1 aliphatic rings. The molecule has 2 rings (SSSR count). The van der Waals surface area contributed by atoms with Gasteiger partial charge in [-0.25, -0.2) is 0 Å². The van der Waals surface area contributed by atoms with E-state index in [1.54, 1.807) is 0 Å². The Hall–Kier alpha value is -1.18. The first-order chi connectivity index (χ1) is 8.74. The van der Waals surface area contributed by atoms with Gasteiger partial charge in [-0.1, -0.05) is 12.0 Å². The zero-order chi connectivity index (χ0) is 13.0. The predicted molar refractivity (Wildman–Crippen MR) is 65.3 cm³/mol. The van der Waals surface area contributed by atoms with Gasteiger partial charge >= 0.3 is 6.01 Å². The average Bonchev–Trinajstić information content (AvgIpc) is 2.85. The number of nitrogens with zero attached hydrogens (tertiary/aromatic N) is 3. The number of nitrogens with one attached hydrogen (secondary N) is 1. The van der Waals surface area contributed by atoms with E-state index >= 15 is 0 Å². The quantitative estimate of drug-likeness (QED) is 0.752. The summed E-state index contributed by atoms with van der Waals surface area (Å²) in [6.45, 7) is 6.61. The van der Waals surface area contributed by atoms with Crippen molar-refractivity contribution in [3.8, 4) is 0 Å². The van der Waals surface area contributed by atoms with Gasteiger partial charge < -0.3 is 24.5 Å². The molecule has 0 amide bonds. The lowest BCUT2D eigenvalue weighted by atomic mass is 10.2. The van der Waals surface area contributed by atoms with Crippen LogP contribution >= 0.6 is 0 Å². The summed E-state index contributed by atoms with van der Waals surface area (Å²) in [5, 5.41) is 20.3. The fourth-order valence-electron chi connectivity index (χ4n) is 1.86. The van der Waals surface area contributed by atoms with Crippen molar-refractivity contribution in [2.75, 3.05) is 31.2 Å². The fraction of sp³-hybridized carbons (Fsp3) is 0.818. The lowest BCUT2D eigenvalue weighted by molar-refractivity contribution is -0.0118. The van der Waals surface area contributed by atoms with Gasteiger partial charge in [0.25, 0.3) is 0 Å². The Morgan fingerprint density at radius 1 is 1.50 bits per heavy atom. The molecule has 0 spiro atoms. The molecule has 2 unspecified atom stereocenters. The number of morpholine rings is 1. The summed E-state index contributed by atoms with van der Waals surface area (Å²) in [5.41, 5.74) is 0. The molecule has 1 fully saturated rings. The standard InChI is InChI=1S/C11H20N4O3/c1-3-12-4-10-13-14-11(18-10)15-5-9(6-16)17-7-8(15)2/h8-9,12,16H,3-7H2,1-2H3. The lowest BCUT2D eigenvalue weighted by Crippen LogP contribution is -2.49.